The second kappa shape index (κ2) is 3.85. The molecule has 0 heterocycles. The lowest BCUT2D eigenvalue weighted by atomic mass is 10.0. The van der Waals surface area contributed by atoms with Gasteiger partial charge in [-0.3, -0.25) is 0 Å². The van der Waals surface area contributed by atoms with Crippen LogP contribution in [0.4, 0.5) is 4.53 Å². The molecule has 0 aromatic rings. The molecular formula is C6H13FO3. The lowest BCUT2D eigenvalue weighted by Crippen LogP contribution is -2.27. The summed E-state index contributed by atoms with van der Waals surface area (Å²) < 4.78 is 11.1. The van der Waals surface area contributed by atoms with Crippen molar-refractivity contribution in [3.8, 4) is 0 Å². The van der Waals surface area contributed by atoms with Gasteiger partial charge >= 0.3 is 0 Å². The van der Waals surface area contributed by atoms with Gasteiger partial charge < -0.3 is 5.11 Å². The fraction of sp³-hybridized carbons (Fsp3) is 1.00. The Bertz CT molecular complexity index is 93.0. The molecular weight excluding hydrogens is 139 g/mol. The summed E-state index contributed by atoms with van der Waals surface area (Å²) in [6.45, 7) is 4.85. The SMILES string of the molecule is CC(O)CC(C)(C)OOF. The first-order valence-electron chi connectivity index (χ1n) is 3.12. The summed E-state index contributed by atoms with van der Waals surface area (Å²) in [6.07, 6.45) is -0.193. The lowest BCUT2D eigenvalue weighted by molar-refractivity contribution is -0.469. The molecule has 0 saturated carbocycles. The number of rotatable bonds is 4. The van der Waals surface area contributed by atoms with Gasteiger partial charge in [-0.15, -0.1) is 0 Å². The highest BCUT2D eigenvalue weighted by atomic mass is 19.3. The molecule has 4 heteroatoms. The molecule has 0 aliphatic heterocycles. The fourth-order valence-corrected chi connectivity index (χ4v) is 0.831. The van der Waals surface area contributed by atoms with E-state index in [1.165, 1.54) is 0 Å². The molecule has 1 N–H and O–H groups in total. The van der Waals surface area contributed by atoms with Crippen LogP contribution in [0.2, 0.25) is 0 Å². The minimum Gasteiger partial charge on any atom is -0.393 e. The van der Waals surface area contributed by atoms with Crippen molar-refractivity contribution in [3.63, 3.8) is 0 Å². The van der Waals surface area contributed by atoms with Crippen molar-refractivity contribution in [1.29, 1.82) is 0 Å². The first-order chi connectivity index (χ1) is 4.48. The van der Waals surface area contributed by atoms with E-state index in [4.69, 9.17) is 5.11 Å². The summed E-state index contributed by atoms with van der Waals surface area (Å²) in [7, 11) is 0. The zero-order valence-electron chi connectivity index (χ0n) is 6.43. The monoisotopic (exact) mass is 152 g/mol. The van der Waals surface area contributed by atoms with Crippen molar-refractivity contribution in [1.82, 2.24) is 0 Å². The summed E-state index contributed by atoms with van der Waals surface area (Å²) in [5, 5.41) is 11.9. The van der Waals surface area contributed by atoms with E-state index in [9.17, 15) is 4.53 Å². The maximum Gasteiger partial charge on any atom is 0.104 e. The second-order valence-electron chi connectivity index (χ2n) is 2.96. The standard InChI is InChI=1S/C6H13FO3/c1-5(8)4-6(2,3)9-10-7/h5,8H,4H2,1-3H3. The van der Waals surface area contributed by atoms with Gasteiger partial charge in [0.2, 0.25) is 0 Å². The molecule has 0 saturated heterocycles. The first kappa shape index (κ1) is 9.81. The largest absolute Gasteiger partial charge is 0.393 e. The highest BCUT2D eigenvalue weighted by Gasteiger charge is 2.22. The molecule has 62 valence electrons. The van der Waals surface area contributed by atoms with Crippen LogP contribution in [0.1, 0.15) is 27.2 Å². The number of hydrogen-bond donors (Lipinski definition) is 1. The Kier molecular flexibility index (Phi) is 3.78. The normalized spacial score (nSPS) is 15.3. The quantitative estimate of drug-likeness (QED) is 0.488. The molecule has 0 radical (unpaired) electrons. The predicted octanol–water partition coefficient (Wildman–Crippen LogP) is 1.37. The fourth-order valence-electron chi connectivity index (χ4n) is 0.831. The molecule has 0 fully saturated rings. The Hall–Kier alpha value is -0.190. The zero-order valence-corrected chi connectivity index (χ0v) is 6.43. The van der Waals surface area contributed by atoms with E-state index in [0.29, 0.717) is 6.42 Å². The molecule has 0 aromatic heterocycles. The molecule has 0 aromatic carbocycles. The van der Waals surface area contributed by atoms with Gasteiger partial charge in [0.05, 0.1) is 6.10 Å². The maximum atomic E-state index is 11.1. The summed E-state index contributed by atoms with van der Waals surface area (Å²) >= 11 is 0. The number of aliphatic hydroxyl groups excluding tert-OH is 1. The van der Waals surface area contributed by atoms with Crippen molar-refractivity contribution < 1.29 is 19.6 Å². The van der Waals surface area contributed by atoms with Crippen LogP contribution in [-0.4, -0.2) is 16.8 Å². The second-order valence-corrected chi connectivity index (χ2v) is 2.96. The molecule has 1 unspecified atom stereocenters. The van der Waals surface area contributed by atoms with Gasteiger partial charge in [0.1, 0.15) is 5.60 Å². The van der Waals surface area contributed by atoms with E-state index in [-0.39, 0.29) is 0 Å². The van der Waals surface area contributed by atoms with Crippen molar-refractivity contribution in [3.05, 3.63) is 0 Å². The summed E-state index contributed by atoms with van der Waals surface area (Å²) in [6, 6.07) is 0. The van der Waals surface area contributed by atoms with E-state index in [0.717, 1.165) is 0 Å². The molecule has 3 nitrogen and oxygen atoms in total. The first-order valence-corrected chi connectivity index (χ1v) is 3.12. The molecule has 0 rings (SSSR count). The van der Waals surface area contributed by atoms with Crippen molar-refractivity contribution in [2.45, 2.75) is 38.9 Å². The molecule has 0 aliphatic carbocycles. The Balaban J connectivity index is 3.63. The predicted molar refractivity (Wildman–Crippen MR) is 33.7 cm³/mol. The van der Waals surface area contributed by atoms with Gasteiger partial charge in [0, 0.05) is 6.42 Å². The van der Waals surface area contributed by atoms with Gasteiger partial charge in [0.15, 0.2) is 0 Å². The van der Waals surface area contributed by atoms with E-state index in [1.54, 1.807) is 20.8 Å². The molecule has 10 heavy (non-hydrogen) atoms. The smallest absolute Gasteiger partial charge is 0.104 e. The van der Waals surface area contributed by atoms with Gasteiger partial charge in [0.25, 0.3) is 0 Å². The Labute approximate surface area is 59.6 Å². The van der Waals surface area contributed by atoms with Crippen LogP contribution in [0.3, 0.4) is 0 Å². The lowest BCUT2D eigenvalue weighted by Gasteiger charge is -2.21. The molecule has 0 amide bonds. The topological polar surface area (TPSA) is 38.7 Å². The molecule has 1 atom stereocenters. The van der Waals surface area contributed by atoms with Crippen LogP contribution in [0.5, 0.6) is 0 Å². The van der Waals surface area contributed by atoms with E-state index < -0.39 is 11.7 Å². The van der Waals surface area contributed by atoms with E-state index in [1.807, 2.05) is 0 Å². The highest BCUT2D eigenvalue weighted by Crippen LogP contribution is 2.16. The van der Waals surface area contributed by atoms with Crippen molar-refractivity contribution >= 4 is 0 Å². The van der Waals surface area contributed by atoms with Gasteiger partial charge in [-0.2, -0.15) is 4.89 Å². The number of halogens is 1. The third kappa shape index (κ3) is 4.67. The van der Waals surface area contributed by atoms with Gasteiger partial charge in [-0.1, -0.05) is 0 Å². The molecule has 0 aliphatic rings. The minimum absolute atomic E-state index is 0.330. The van der Waals surface area contributed by atoms with Gasteiger partial charge in [-0.25, -0.2) is 0 Å². The molecule has 0 spiro atoms. The van der Waals surface area contributed by atoms with Crippen LogP contribution in [0, 0.1) is 0 Å². The van der Waals surface area contributed by atoms with E-state index >= 15 is 0 Å². The Morgan fingerprint density at radius 1 is 1.60 bits per heavy atom. The van der Waals surface area contributed by atoms with Crippen LogP contribution in [0.15, 0.2) is 0 Å². The molecule has 0 bridgehead atoms. The van der Waals surface area contributed by atoms with E-state index in [2.05, 4.69) is 9.98 Å². The van der Waals surface area contributed by atoms with Gasteiger partial charge in [-0.05, 0) is 30.4 Å². The highest BCUT2D eigenvalue weighted by molar-refractivity contribution is 4.69. The summed E-state index contributed by atoms with van der Waals surface area (Å²) in [5.74, 6) is 0. The van der Waals surface area contributed by atoms with Crippen molar-refractivity contribution in [2.75, 3.05) is 0 Å². The zero-order chi connectivity index (χ0) is 8.20. The average Bonchev–Trinajstić information content (AvgIpc) is 1.59. The third-order valence-electron chi connectivity index (χ3n) is 1.04. The van der Waals surface area contributed by atoms with Crippen LogP contribution < -0.4 is 0 Å². The third-order valence-corrected chi connectivity index (χ3v) is 1.04. The van der Waals surface area contributed by atoms with Crippen LogP contribution >= 0.6 is 0 Å². The average molecular weight is 152 g/mol. The minimum atomic E-state index is -0.775. The summed E-state index contributed by atoms with van der Waals surface area (Å²) in [5.41, 5.74) is -0.775. The summed E-state index contributed by atoms with van der Waals surface area (Å²) in [4.78, 5) is 4.21. The van der Waals surface area contributed by atoms with Crippen LogP contribution in [0.25, 0.3) is 0 Å². The van der Waals surface area contributed by atoms with Crippen molar-refractivity contribution in [2.24, 2.45) is 0 Å². The Morgan fingerprint density at radius 3 is 2.40 bits per heavy atom. The van der Waals surface area contributed by atoms with Crippen LogP contribution in [-0.2, 0) is 9.98 Å². The number of hydrogen-bond acceptors (Lipinski definition) is 3. The Morgan fingerprint density at radius 2 is 2.10 bits per heavy atom. The maximum absolute atomic E-state index is 11.1. The number of aliphatic hydroxyl groups is 1.